The van der Waals surface area contributed by atoms with Crippen LogP contribution >= 0.6 is 48.6 Å². The third-order valence-corrected chi connectivity index (χ3v) is 9.06. The van der Waals surface area contributed by atoms with Crippen molar-refractivity contribution in [1.29, 1.82) is 0 Å². The second kappa shape index (κ2) is 19.1. The van der Waals surface area contributed by atoms with Crippen molar-refractivity contribution in [3.05, 3.63) is 146 Å². The number of hydrogen-bond acceptors (Lipinski definition) is 5. The van der Waals surface area contributed by atoms with Gasteiger partial charge in [0.2, 0.25) is 0 Å². The molecule has 0 heterocycles. The summed E-state index contributed by atoms with van der Waals surface area (Å²) in [5.74, 6) is -0.726. The lowest BCUT2D eigenvalue weighted by molar-refractivity contribution is -0.138. The number of carboxylic acid groups (broad SMARTS) is 1. The van der Waals surface area contributed by atoms with Gasteiger partial charge in [-0.2, -0.15) is 0 Å². The van der Waals surface area contributed by atoms with E-state index in [-0.39, 0.29) is 18.2 Å². The van der Waals surface area contributed by atoms with Gasteiger partial charge in [-0.15, -0.1) is 12.4 Å². The van der Waals surface area contributed by atoms with E-state index in [0.29, 0.717) is 4.32 Å². The molecule has 51 heavy (non-hydrogen) atoms. The molecule has 0 aliphatic rings. The minimum Gasteiger partial charge on any atom is -0.480 e. The minimum atomic E-state index is -1.02. The van der Waals surface area contributed by atoms with Crippen molar-refractivity contribution in [2.45, 2.75) is 39.4 Å². The van der Waals surface area contributed by atoms with Crippen molar-refractivity contribution in [3.63, 3.8) is 0 Å². The normalized spacial score (nSPS) is 10.4. The van der Waals surface area contributed by atoms with Gasteiger partial charge in [0.15, 0.2) is 0 Å². The van der Waals surface area contributed by atoms with E-state index in [1.54, 1.807) is 13.8 Å². The largest absolute Gasteiger partial charge is 0.480 e. The molecule has 6 aromatic carbocycles. The molecule has 0 amide bonds. The third kappa shape index (κ3) is 10.9. The lowest BCUT2D eigenvalue weighted by Gasteiger charge is -2.29. The maximum absolute atomic E-state index is 11.6. The van der Waals surface area contributed by atoms with Crippen LogP contribution < -0.4 is 9.80 Å². The molecule has 0 saturated carbocycles. The lowest BCUT2D eigenvalue weighted by atomic mass is 10.1. The summed E-state index contributed by atoms with van der Waals surface area (Å²) in [7, 11) is 0. The lowest BCUT2D eigenvalue weighted by Crippen LogP contribution is -2.33. The first-order chi connectivity index (χ1) is 23.9. The Balaban J connectivity index is 0.000000251. The van der Waals surface area contributed by atoms with Gasteiger partial charge in [0.1, 0.15) is 14.9 Å². The zero-order valence-corrected chi connectivity index (χ0v) is 32.4. The number of halogens is 1. The van der Waals surface area contributed by atoms with E-state index in [4.69, 9.17) is 24.4 Å². The molecule has 0 aromatic heterocycles. The first-order valence-electron chi connectivity index (χ1n) is 16.0. The SMILES string of the molecule is CC(=S)N(c1ccccc1)c1cccc2ccccc12.CC(C)(SC(=S)N(c1ccccc1)c1cccc2ccccc12)C(=O)O.CC(C)=O.Cl. The number of thiocarbonyl (C=S) groups is 2. The highest BCUT2D eigenvalue weighted by Gasteiger charge is 2.32. The Hall–Kier alpha value is -4.60. The van der Waals surface area contributed by atoms with Crippen LogP contribution in [-0.4, -0.2) is 30.9 Å². The molecular weight excluding hydrogens is 712 g/mol. The standard InChI is InChI=1S/C21H19NO2S2.C18H15NS.C3H6O.ClH/c1-21(2,19(23)24)26-20(25)22(16-11-4-3-5-12-16)18-14-8-10-15-9-6-7-13-17(15)18;1-14(20)19(16-10-3-2-4-11-16)18-13-7-9-15-8-5-6-12-17(15)18;1-3(2)4;/h3-14H,1-2H3,(H,23,24);2-13H,1H3;1-2H3;1H. The first kappa shape index (κ1) is 40.8. The van der Waals surface area contributed by atoms with Crippen molar-refractivity contribution in [1.82, 2.24) is 0 Å². The Morgan fingerprint density at radius 3 is 1.33 bits per heavy atom. The number of hydrogen-bond donors (Lipinski definition) is 1. The molecule has 0 bridgehead atoms. The molecule has 0 spiro atoms. The number of ketones is 1. The number of carboxylic acids is 1. The molecule has 0 saturated heterocycles. The van der Waals surface area contributed by atoms with Crippen LogP contribution in [0, 0.1) is 0 Å². The van der Waals surface area contributed by atoms with Gasteiger partial charge in [-0.05, 0) is 81.8 Å². The quantitative estimate of drug-likeness (QED) is 0.169. The zero-order chi connectivity index (χ0) is 36.3. The van der Waals surface area contributed by atoms with Crippen molar-refractivity contribution in [2.24, 2.45) is 0 Å². The number of Topliss-reactive ketones (excluding diaryl/α,β-unsaturated/α-hetero) is 1. The van der Waals surface area contributed by atoms with Gasteiger partial charge in [0, 0.05) is 22.1 Å². The van der Waals surface area contributed by atoms with E-state index in [1.165, 1.54) is 36.4 Å². The number of carbonyl (C=O) groups is 2. The van der Waals surface area contributed by atoms with E-state index in [2.05, 4.69) is 77.7 Å². The molecular formula is C42H41ClN2O3S3. The fourth-order valence-corrected chi connectivity index (χ4v) is 6.95. The molecule has 5 nitrogen and oxygen atoms in total. The molecule has 6 aromatic rings. The van der Waals surface area contributed by atoms with E-state index in [0.717, 1.165) is 38.5 Å². The third-order valence-electron chi connectivity index (χ3n) is 7.40. The van der Waals surface area contributed by atoms with E-state index in [1.807, 2.05) is 84.6 Å². The number of para-hydroxylation sites is 2. The average molecular weight is 753 g/mol. The van der Waals surface area contributed by atoms with Crippen LogP contribution in [0.2, 0.25) is 0 Å². The van der Waals surface area contributed by atoms with Gasteiger partial charge in [-0.1, -0.05) is 145 Å². The van der Waals surface area contributed by atoms with Crippen LogP contribution in [0.15, 0.2) is 146 Å². The van der Waals surface area contributed by atoms with Crippen LogP contribution in [0.1, 0.15) is 34.6 Å². The Bertz CT molecular complexity index is 2090. The number of carbonyl (C=O) groups excluding carboxylic acids is 1. The fraction of sp³-hybridized carbons (Fsp3) is 0.143. The van der Waals surface area contributed by atoms with Crippen LogP contribution in [0.25, 0.3) is 21.5 Å². The Kier molecular flexibility index (Phi) is 15.3. The van der Waals surface area contributed by atoms with E-state index >= 15 is 0 Å². The Morgan fingerprint density at radius 2 is 0.922 bits per heavy atom. The molecule has 0 radical (unpaired) electrons. The molecule has 262 valence electrons. The molecule has 0 aliphatic carbocycles. The van der Waals surface area contributed by atoms with Gasteiger partial charge in [-0.3, -0.25) is 9.69 Å². The maximum atomic E-state index is 11.6. The minimum absolute atomic E-state index is 0. The number of thioether (sulfide) groups is 1. The summed E-state index contributed by atoms with van der Waals surface area (Å²) in [6.07, 6.45) is 0. The van der Waals surface area contributed by atoms with Gasteiger partial charge >= 0.3 is 5.97 Å². The summed E-state index contributed by atoms with van der Waals surface area (Å²) in [5, 5.41) is 14.1. The summed E-state index contributed by atoms with van der Waals surface area (Å²) < 4.78 is -0.519. The maximum Gasteiger partial charge on any atom is 0.319 e. The van der Waals surface area contributed by atoms with Crippen LogP contribution in [-0.2, 0) is 9.59 Å². The first-order valence-corrected chi connectivity index (χ1v) is 17.6. The molecule has 0 atom stereocenters. The second-order valence-corrected chi connectivity index (χ2v) is 14.8. The highest BCUT2D eigenvalue weighted by molar-refractivity contribution is 8.24. The highest BCUT2D eigenvalue weighted by Crippen LogP contribution is 2.38. The molecule has 0 aliphatic heterocycles. The number of aliphatic carboxylic acids is 1. The van der Waals surface area contributed by atoms with Gasteiger partial charge in [0.25, 0.3) is 0 Å². The highest BCUT2D eigenvalue weighted by atomic mass is 35.5. The molecule has 1 N–H and O–H groups in total. The monoisotopic (exact) mass is 752 g/mol. The zero-order valence-electron chi connectivity index (χ0n) is 29.1. The van der Waals surface area contributed by atoms with Gasteiger partial charge in [0.05, 0.1) is 16.4 Å². The molecule has 0 unspecified atom stereocenters. The molecule has 6 rings (SSSR count). The summed E-state index contributed by atoms with van der Waals surface area (Å²) >= 11 is 12.3. The number of rotatable bonds is 6. The summed E-state index contributed by atoms with van der Waals surface area (Å²) in [5.41, 5.74) is 4.06. The summed E-state index contributed by atoms with van der Waals surface area (Å²) in [4.78, 5) is 25.9. The number of anilines is 4. The number of benzene rings is 6. The predicted molar refractivity (Wildman–Crippen MR) is 229 cm³/mol. The molecule has 9 heteroatoms. The second-order valence-electron chi connectivity index (χ2n) is 11.9. The Morgan fingerprint density at radius 1 is 0.569 bits per heavy atom. The molecule has 0 fully saturated rings. The topological polar surface area (TPSA) is 60.9 Å². The van der Waals surface area contributed by atoms with Gasteiger partial charge in [-0.25, -0.2) is 0 Å². The van der Waals surface area contributed by atoms with Crippen LogP contribution in [0.5, 0.6) is 0 Å². The summed E-state index contributed by atoms with van der Waals surface area (Å²) in [6, 6.07) is 48.9. The average Bonchev–Trinajstić information content (AvgIpc) is 3.09. The van der Waals surface area contributed by atoms with Crippen molar-refractivity contribution in [3.8, 4) is 0 Å². The summed E-state index contributed by atoms with van der Waals surface area (Å²) in [6.45, 7) is 8.35. The predicted octanol–water partition coefficient (Wildman–Crippen LogP) is 12.2. The van der Waals surface area contributed by atoms with Crippen molar-refractivity contribution >= 4 is 114 Å². The Labute approximate surface area is 321 Å². The van der Waals surface area contributed by atoms with Crippen molar-refractivity contribution < 1.29 is 14.7 Å². The van der Waals surface area contributed by atoms with Gasteiger partial charge < -0.3 is 14.8 Å². The van der Waals surface area contributed by atoms with E-state index in [9.17, 15) is 14.7 Å². The number of nitrogens with zero attached hydrogens (tertiary/aromatic N) is 2. The van der Waals surface area contributed by atoms with Crippen LogP contribution in [0.3, 0.4) is 0 Å². The smallest absolute Gasteiger partial charge is 0.319 e. The van der Waals surface area contributed by atoms with Crippen molar-refractivity contribution in [2.75, 3.05) is 9.80 Å². The number of fused-ring (bicyclic) bond motifs is 2. The van der Waals surface area contributed by atoms with Crippen LogP contribution in [0.4, 0.5) is 22.7 Å². The van der Waals surface area contributed by atoms with E-state index < -0.39 is 10.7 Å². The fourth-order valence-electron chi connectivity index (χ4n) is 5.10.